The number of nitrogens with zero attached hydrogens (tertiary/aromatic N) is 1. The molecule has 5 heteroatoms. The zero-order valence-electron chi connectivity index (χ0n) is 17.7. The Bertz CT molecular complexity index is 1210. The summed E-state index contributed by atoms with van der Waals surface area (Å²) >= 11 is 0. The van der Waals surface area contributed by atoms with Gasteiger partial charge in [0.15, 0.2) is 0 Å². The summed E-state index contributed by atoms with van der Waals surface area (Å²) in [6, 6.07) is 19.1. The smallest absolute Gasteiger partial charge is 0.282 e. The van der Waals surface area contributed by atoms with Crippen molar-refractivity contribution >= 4 is 28.8 Å². The van der Waals surface area contributed by atoms with Gasteiger partial charge in [-0.25, -0.2) is 9.29 Å². The van der Waals surface area contributed by atoms with Crippen molar-refractivity contribution in [3.63, 3.8) is 0 Å². The summed E-state index contributed by atoms with van der Waals surface area (Å²) in [5, 5.41) is 3.12. The highest BCUT2D eigenvalue weighted by Gasteiger charge is 2.41. The van der Waals surface area contributed by atoms with E-state index in [1.165, 1.54) is 18.2 Å². The maximum absolute atomic E-state index is 14.5. The molecule has 0 spiro atoms. The van der Waals surface area contributed by atoms with E-state index in [2.05, 4.69) is 12.2 Å². The SMILES string of the molecule is CCc1ccc(NC2=C(c3ccc(C)c(C)c3)C(=O)N(c3ccccc3F)C2=O)cc1. The molecule has 0 unspecified atom stereocenters. The molecule has 0 aliphatic carbocycles. The number of anilines is 2. The van der Waals surface area contributed by atoms with Crippen molar-refractivity contribution < 1.29 is 14.0 Å². The molecule has 1 heterocycles. The monoisotopic (exact) mass is 414 g/mol. The van der Waals surface area contributed by atoms with Crippen LogP contribution in [-0.2, 0) is 16.0 Å². The molecular formula is C26H23FN2O2. The number of carbonyl (C=O) groups excluding carboxylic acids is 2. The largest absolute Gasteiger partial charge is 0.350 e. The molecule has 0 saturated carbocycles. The van der Waals surface area contributed by atoms with Gasteiger partial charge in [-0.05, 0) is 66.8 Å². The summed E-state index contributed by atoms with van der Waals surface area (Å²) in [6.07, 6.45) is 0.898. The Labute approximate surface area is 181 Å². The van der Waals surface area contributed by atoms with Crippen LogP contribution < -0.4 is 10.2 Å². The molecule has 0 bridgehead atoms. The number of rotatable bonds is 5. The van der Waals surface area contributed by atoms with Gasteiger partial charge < -0.3 is 5.32 Å². The zero-order valence-corrected chi connectivity index (χ0v) is 17.7. The molecule has 3 aromatic rings. The summed E-state index contributed by atoms with van der Waals surface area (Å²) in [6.45, 7) is 6.00. The van der Waals surface area contributed by atoms with Crippen molar-refractivity contribution in [2.24, 2.45) is 0 Å². The molecule has 1 N–H and O–H groups in total. The lowest BCUT2D eigenvalue weighted by Crippen LogP contribution is -2.33. The van der Waals surface area contributed by atoms with Crippen LogP contribution in [0.1, 0.15) is 29.2 Å². The number of imide groups is 1. The van der Waals surface area contributed by atoms with Gasteiger partial charge in [0.25, 0.3) is 11.8 Å². The van der Waals surface area contributed by atoms with E-state index < -0.39 is 17.6 Å². The number of carbonyl (C=O) groups is 2. The molecule has 1 aliphatic rings. The lowest BCUT2D eigenvalue weighted by molar-refractivity contribution is -0.120. The van der Waals surface area contributed by atoms with E-state index >= 15 is 0 Å². The quantitative estimate of drug-likeness (QED) is 0.569. The Balaban J connectivity index is 1.83. The summed E-state index contributed by atoms with van der Waals surface area (Å²) in [7, 11) is 0. The fourth-order valence-electron chi connectivity index (χ4n) is 3.63. The Hall–Kier alpha value is -3.73. The van der Waals surface area contributed by atoms with Gasteiger partial charge >= 0.3 is 0 Å². The number of amides is 2. The fourth-order valence-corrected chi connectivity index (χ4v) is 3.63. The van der Waals surface area contributed by atoms with Gasteiger partial charge in [-0.3, -0.25) is 9.59 Å². The molecule has 156 valence electrons. The van der Waals surface area contributed by atoms with Crippen molar-refractivity contribution in [2.75, 3.05) is 10.2 Å². The average Bonchev–Trinajstić information content (AvgIpc) is 3.00. The first kappa shape index (κ1) is 20.5. The Morgan fingerprint density at radius 1 is 0.871 bits per heavy atom. The standard InChI is InChI=1S/C26H23FN2O2/c1-4-18-10-13-20(14-11-18)28-24-23(19-12-9-16(2)17(3)15-19)25(30)29(26(24)31)22-8-6-5-7-21(22)27/h5-15,28H,4H2,1-3H3. The van der Waals surface area contributed by atoms with Crippen LogP contribution >= 0.6 is 0 Å². The van der Waals surface area contributed by atoms with Crippen LogP contribution in [0.2, 0.25) is 0 Å². The van der Waals surface area contributed by atoms with Crippen molar-refractivity contribution in [3.05, 3.63) is 100 Å². The maximum atomic E-state index is 14.5. The minimum absolute atomic E-state index is 0.0584. The molecule has 0 radical (unpaired) electrons. The maximum Gasteiger partial charge on any atom is 0.282 e. The van der Waals surface area contributed by atoms with Gasteiger partial charge in [-0.2, -0.15) is 0 Å². The lowest BCUT2D eigenvalue weighted by Gasteiger charge is -2.16. The van der Waals surface area contributed by atoms with Gasteiger partial charge in [0.1, 0.15) is 11.5 Å². The van der Waals surface area contributed by atoms with Crippen LogP contribution in [0.3, 0.4) is 0 Å². The van der Waals surface area contributed by atoms with Crippen LogP contribution in [0.5, 0.6) is 0 Å². The second-order valence-electron chi connectivity index (χ2n) is 7.62. The van der Waals surface area contributed by atoms with Gasteiger partial charge in [-0.1, -0.05) is 49.4 Å². The van der Waals surface area contributed by atoms with Gasteiger partial charge in [0.2, 0.25) is 0 Å². The first-order valence-electron chi connectivity index (χ1n) is 10.2. The molecule has 0 saturated heterocycles. The predicted octanol–water partition coefficient (Wildman–Crippen LogP) is 5.40. The molecular weight excluding hydrogens is 391 g/mol. The molecule has 0 fully saturated rings. The number of para-hydroxylation sites is 1. The molecule has 3 aromatic carbocycles. The Kier molecular flexibility index (Phi) is 5.42. The number of hydrogen-bond donors (Lipinski definition) is 1. The molecule has 0 aromatic heterocycles. The Morgan fingerprint density at radius 3 is 2.23 bits per heavy atom. The van der Waals surface area contributed by atoms with Crippen LogP contribution in [0.25, 0.3) is 5.57 Å². The second-order valence-corrected chi connectivity index (χ2v) is 7.62. The van der Waals surface area contributed by atoms with E-state index in [-0.39, 0.29) is 17.0 Å². The van der Waals surface area contributed by atoms with E-state index in [0.29, 0.717) is 11.3 Å². The molecule has 2 amide bonds. The number of halogens is 1. The first-order chi connectivity index (χ1) is 14.9. The van der Waals surface area contributed by atoms with E-state index in [4.69, 9.17) is 0 Å². The third-order valence-corrected chi connectivity index (χ3v) is 5.60. The van der Waals surface area contributed by atoms with Crippen LogP contribution in [0, 0.1) is 19.7 Å². The van der Waals surface area contributed by atoms with E-state index in [1.807, 2.05) is 56.3 Å². The van der Waals surface area contributed by atoms with Crippen molar-refractivity contribution in [1.29, 1.82) is 0 Å². The molecule has 31 heavy (non-hydrogen) atoms. The van der Waals surface area contributed by atoms with E-state index in [9.17, 15) is 14.0 Å². The minimum atomic E-state index is -0.628. The van der Waals surface area contributed by atoms with Crippen LogP contribution in [0.15, 0.2) is 72.4 Å². The molecule has 4 rings (SSSR count). The predicted molar refractivity (Wildman–Crippen MR) is 121 cm³/mol. The third-order valence-electron chi connectivity index (χ3n) is 5.60. The normalized spacial score (nSPS) is 13.9. The summed E-state index contributed by atoms with van der Waals surface area (Å²) in [5.41, 5.74) is 4.86. The van der Waals surface area contributed by atoms with Crippen molar-refractivity contribution in [3.8, 4) is 0 Å². The highest BCUT2D eigenvalue weighted by molar-refractivity contribution is 6.46. The third kappa shape index (κ3) is 3.75. The second kappa shape index (κ2) is 8.19. The Morgan fingerprint density at radius 2 is 1.58 bits per heavy atom. The van der Waals surface area contributed by atoms with Gasteiger partial charge in [0.05, 0.1) is 11.3 Å². The minimum Gasteiger partial charge on any atom is -0.350 e. The van der Waals surface area contributed by atoms with Gasteiger partial charge in [0, 0.05) is 5.69 Å². The van der Waals surface area contributed by atoms with Crippen LogP contribution in [0.4, 0.5) is 15.8 Å². The van der Waals surface area contributed by atoms with Crippen molar-refractivity contribution in [1.82, 2.24) is 0 Å². The number of benzene rings is 3. The topological polar surface area (TPSA) is 49.4 Å². The number of hydrogen-bond acceptors (Lipinski definition) is 3. The number of nitrogens with one attached hydrogen (secondary N) is 1. The van der Waals surface area contributed by atoms with E-state index in [0.717, 1.165) is 28.0 Å². The summed E-state index contributed by atoms with van der Waals surface area (Å²) in [4.78, 5) is 27.7. The lowest BCUT2D eigenvalue weighted by atomic mass is 9.99. The fraction of sp³-hybridized carbons (Fsp3) is 0.154. The summed E-state index contributed by atoms with van der Waals surface area (Å²) in [5.74, 6) is -1.76. The molecule has 1 aliphatic heterocycles. The highest BCUT2D eigenvalue weighted by Crippen LogP contribution is 2.35. The van der Waals surface area contributed by atoms with Crippen molar-refractivity contribution in [2.45, 2.75) is 27.2 Å². The average molecular weight is 414 g/mol. The first-order valence-corrected chi connectivity index (χ1v) is 10.2. The zero-order chi connectivity index (χ0) is 22.1. The van der Waals surface area contributed by atoms with Gasteiger partial charge in [-0.15, -0.1) is 0 Å². The highest BCUT2D eigenvalue weighted by atomic mass is 19.1. The van der Waals surface area contributed by atoms with E-state index in [1.54, 1.807) is 6.07 Å². The molecule has 0 atom stereocenters. The molecule has 4 nitrogen and oxygen atoms in total. The number of aryl methyl sites for hydroxylation is 3. The summed E-state index contributed by atoms with van der Waals surface area (Å²) < 4.78 is 14.5. The van der Waals surface area contributed by atoms with Crippen LogP contribution in [-0.4, -0.2) is 11.8 Å².